The van der Waals surface area contributed by atoms with Gasteiger partial charge in [0, 0.05) is 29.4 Å². The standard InChI is InChI=1S/C30H33FN2O4.C2H6/c1-3-37-24-15-23(17-32-18-24)22-11-13-25(26(31)16-22)29(21-7-4-5-8-21)30(36)33-27-10-6-9-20(19(27)2)12-14-28(34)35;1-2/h6,9-11,13,15-18,21,29H,3-5,7-8,12,14H2,1-2H3,(H,33,36)(H,34,35);1-2H3. The van der Waals surface area contributed by atoms with Gasteiger partial charge in [-0.3, -0.25) is 14.6 Å². The van der Waals surface area contributed by atoms with Gasteiger partial charge < -0.3 is 15.2 Å². The molecule has 1 unspecified atom stereocenters. The number of hydrogen-bond donors (Lipinski definition) is 2. The first-order valence-corrected chi connectivity index (χ1v) is 13.9. The third-order valence-corrected chi connectivity index (χ3v) is 7.16. The lowest BCUT2D eigenvalue weighted by atomic mass is 9.83. The van der Waals surface area contributed by atoms with Crippen LogP contribution in [0, 0.1) is 18.7 Å². The maximum atomic E-state index is 15.6. The molecule has 1 aromatic heterocycles. The Kier molecular flexibility index (Phi) is 11.0. The number of hydrogen-bond acceptors (Lipinski definition) is 4. The molecule has 2 aromatic carbocycles. The van der Waals surface area contributed by atoms with Crippen LogP contribution < -0.4 is 10.1 Å². The van der Waals surface area contributed by atoms with Gasteiger partial charge in [0.05, 0.1) is 18.7 Å². The number of ether oxygens (including phenoxy) is 1. The monoisotopic (exact) mass is 534 g/mol. The molecular formula is C32H39FN2O4. The van der Waals surface area contributed by atoms with E-state index in [-0.39, 0.29) is 18.2 Å². The molecule has 1 amide bonds. The molecule has 0 aliphatic heterocycles. The zero-order valence-corrected chi connectivity index (χ0v) is 23.3. The molecule has 3 aromatic rings. The summed E-state index contributed by atoms with van der Waals surface area (Å²) in [7, 11) is 0. The Bertz CT molecular complexity index is 1270. The minimum Gasteiger partial charge on any atom is -0.492 e. The Morgan fingerprint density at radius 3 is 2.51 bits per heavy atom. The molecule has 0 spiro atoms. The fraction of sp³-hybridized carbons (Fsp3) is 0.406. The first kappa shape index (κ1) is 29.8. The highest BCUT2D eigenvalue weighted by Crippen LogP contribution is 2.40. The number of aliphatic carboxylic acids is 1. The average molecular weight is 535 g/mol. The quantitative estimate of drug-likeness (QED) is 0.280. The van der Waals surface area contributed by atoms with E-state index >= 15 is 4.39 Å². The minimum atomic E-state index is -0.866. The van der Waals surface area contributed by atoms with Crippen molar-refractivity contribution in [1.82, 2.24) is 4.98 Å². The number of pyridine rings is 1. The van der Waals surface area contributed by atoms with E-state index in [4.69, 9.17) is 9.84 Å². The van der Waals surface area contributed by atoms with Crippen LogP contribution in [-0.4, -0.2) is 28.6 Å². The van der Waals surface area contributed by atoms with E-state index < -0.39 is 17.7 Å². The van der Waals surface area contributed by atoms with E-state index in [1.165, 1.54) is 6.07 Å². The number of aryl methyl sites for hydroxylation is 1. The third kappa shape index (κ3) is 7.65. The van der Waals surface area contributed by atoms with Gasteiger partial charge >= 0.3 is 5.97 Å². The van der Waals surface area contributed by atoms with Gasteiger partial charge in [-0.1, -0.05) is 51.0 Å². The van der Waals surface area contributed by atoms with Crippen LogP contribution in [0.4, 0.5) is 10.1 Å². The van der Waals surface area contributed by atoms with Crippen LogP contribution in [-0.2, 0) is 16.0 Å². The van der Waals surface area contributed by atoms with Gasteiger partial charge in [-0.25, -0.2) is 4.39 Å². The van der Waals surface area contributed by atoms with Gasteiger partial charge in [0.15, 0.2) is 0 Å². The Balaban J connectivity index is 0.00000205. The van der Waals surface area contributed by atoms with Crippen LogP contribution in [0.25, 0.3) is 11.1 Å². The molecule has 39 heavy (non-hydrogen) atoms. The predicted molar refractivity (Wildman–Crippen MR) is 153 cm³/mol. The van der Waals surface area contributed by atoms with Gasteiger partial charge in [0.25, 0.3) is 0 Å². The van der Waals surface area contributed by atoms with E-state index in [1.54, 1.807) is 24.5 Å². The first-order chi connectivity index (χ1) is 18.9. The highest BCUT2D eigenvalue weighted by Gasteiger charge is 2.34. The van der Waals surface area contributed by atoms with Gasteiger partial charge in [-0.15, -0.1) is 0 Å². The van der Waals surface area contributed by atoms with Gasteiger partial charge in [0.1, 0.15) is 11.6 Å². The summed E-state index contributed by atoms with van der Waals surface area (Å²) < 4.78 is 21.1. The molecule has 1 saturated carbocycles. The predicted octanol–water partition coefficient (Wildman–Crippen LogP) is 7.55. The smallest absolute Gasteiger partial charge is 0.303 e. The molecule has 7 heteroatoms. The second kappa shape index (κ2) is 14.4. The van der Waals surface area contributed by atoms with Crippen molar-refractivity contribution in [3.8, 4) is 16.9 Å². The summed E-state index contributed by atoms with van der Waals surface area (Å²) in [5.74, 6) is -1.47. The Hall–Kier alpha value is -3.74. The van der Waals surface area contributed by atoms with E-state index in [0.29, 0.717) is 35.6 Å². The molecule has 0 bridgehead atoms. The average Bonchev–Trinajstić information content (AvgIpc) is 3.46. The number of carboxylic acid groups (broad SMARTS) is 1. The lowest BCUT2D eigenvalue weighted by Crippen LogP contribution is -2.27. The summed E-state index contributed by atoms with van der Waals surface area (Å²) >= 11 is 0. The fourth-order valence-corrected chi connectivity index (χ4v) is 5.22. The molecule has 1 aliphatic rings. The van der Waals surface area contributed by atoms with Crippen LogP contribution in [0.15, 0.2) is 54.9 Å². The molecule has 6 nitrogen and oxygen atoms in total. The number of anilines is 1. The van der Waals surface area contributed by atoms with E-state index in [2.05, 4.69) is 10.3 Å². The van der Waals surface area contributed by atoms with Gasteiger partial charge in [0.2, 0.25) is 5.91 Å². The number of halogens is 1. The molecule has 0 radical (unpaired) electrons. The molecule has 0 saturated heterocycles. The normalized spacial score (nSPS) is 13.8. The highest BCUT2D eigenvalue weighted by atomic mass is 19.1. The first-order valence-electron chi connectivity index (χ1n) is 13.9. The summed E-state index contributed by atoms with van der Waals surface area (Å²) in [6.07, 6.45) is 7.47. The van der Waals surface area contributed by atoms with Crippen molar-refractivity contribution in [2.45, 2.75) is 72.1 Å². The largest absolute Gasteiger partial charge is 0.492 e. The number of carbonyl (C=O) groups excluding carboxylic acids is 1. The number of aromatic nitrogens is 1. The van der Waals surface area contributed by atoms with E-state index in [9.17, 15) is 9.59 Å². The second-order valence-corrected chi connectivity index (χ2v) is 9.57. The van der Waals surface area contributed by atoms with Crippen LogP contribution >= 0.6 is 0 Å². The molecular weight excluding hydrogens is 495 g/mol. The van der Waals surface area contributed by atoms with E-state index in [0.717, 1.165) is 42.4 Å². The van der Waals surface area contributed by atoms with Gasteiger partial charge in [-0.2, -0.15) is 0 Å². The summed E-state index contributed by atoms with van der Waals surface area (Å²) in [6.45, 7) is 8.28. The zero-order valence-electron chi connectivity index (χ0n) is 23.3. The topological polar surface area (TPSA) is 88.5 Å². The summed E-state index contributed by atoms with van der Waals surface area (Å²) in [4.78, 5) is 28.9. The van der Waals surface area contributed by atoms with Crippen LogP contribution in [0.3, 0.4) is 0 Å². The van der Waals surface area contributed by atoms with E-state index in [1.807, 2.05) is 52.0 Å². The molecule has 2 N–H and O–H groups in total. The zero-order chi connectivity index (χ0) is 28.4. The van der Waals surface area contributed by atoms with Crippen LogP contribution in [0.2, 0.25) is 0 Å². The molecule has 1 fully saturated rings. The lowest BCUT2D eigenvalue weighted by molar-refractivity contribution is -0.137. The second-order valence-electron chi connectivity index (χ2n) is 9.57. The third-order valence-electron chi connectivity index (χ3n) is 7.16. The van der Waals surface area contributed by atoms with Crippen LogP contribution in [0.5, 0.6) is 5.75 Å². The number of carbonyl (C=O) groups is 2. The molecule has 1 heterocycles. The number of nitrogens with zero attached hydrogens (tertiary/aromatic N) is 1. The SMILES string of the molecule is CC.CCOc1cncc(-c2ccc(C(C(=O)Nc3cccc(CCC(=O)O)c3C)C3CCCC3)c(F)c2)c1. The maximum absolute atomic E-state index is 15.6. The van der Waals surface area contributed by atoms with Crippen molar-refractivity contribution >= 4 is 17.6 Å². The van der Waals surface area contributed by atoms with Crippen molar-refractivity contribution in [2.24, 2.45) is 5.92 Å². The number of nitrogens with one attached hydrogen (secondary N) is 1. The van der Waals surface area contributed by atoms with Crippen molar-refractivity contribution in [3.05, 3.63) is 77.4 Å². The van der Waals surface area contributed by atoms with Crippen molar-refractivity contribution in [3.63, 3.8) is 0 Å². The minimum absolute atomic E-state index is 0.0174. The van der Waals surface area contributed by atoms with Crippen molar-refractivity contribution in [1.29, 1.82) is 0 Å². The number of carboxylic acids is 1. The molecule has 208 valence electrons. The molecule has 1 atom stereocenters. The van der Waals surface area contributed by atoms with Crippen molar-refractivity contribution < 1.29 is 23.8 Å². The Morgan fingerprint density at radius 1 is 1.10 bits per heavy atom. The van der Waals surface area contributed by atoms with Crippen molar-refractivity contribution in [2.75, 3.05) is 11.9 Å². The Morgan fingerprint density at radius 2 is 1.85 bits per heavy atom. The summed E-state index contributed by atoms with van der Waals surface area (Å²) in [5, 5.41) is 12.1. The molecule has 1 aliphatic carbocycles. The van der Waals surface area contributed by atoms with Crippen LogP contribution in [0.1, 0.15) is 75.5 Å². The maximum Gasteiger partial charge on any atom is 0.303 e. The summed E-state index contributed by atoms with van der Waals surface area (Å²) in [6, 6.07) is 12.3. The highest BCUT2D eigenvalue weighted by molar-refractivity contribution is 5.97. The number of rotatable bonds is 10. The molecule has 4 rings (SSSR count). The fourth-order valence-electron chi connectivity index (χ4n) is 5.22. The summed E-state index contributed by atoms with van der Waals surface area (Å²) in [5.41, 5.74) is 4.14. The number of benzene rings is 2. The lowest BCUT2D eigenvalue weighted by Gasteiger charge is -2.25. The Labute approximate surface area is 230 Å². The van der Waals surface area contributed by atoms with Gasteiger partial charge in [-0.05, 0) is 73.9 Å². The number of amides is 1.